The number of rotatable bonds is 6. The molecule has 0 saturated carbocycles. The highest BCUT2D eigenvalue weighted by molar-refractivity contribution is 7.80. The van der Waals surface area contributed by atoms with Gasteiger partial charge in [-0.05, 0) is 59.7 Å². The van der Waals surface area contributed by atoms with Crippen LogP contribution >= 0.6 is 12.2 Å². The number of nitrogens with one attached hydrogen (secondary N) is 2. The third-order valence-corrected chi connectivity index (χ3v) is 3.62. The molecule has 1 aromatic heterocycles. The van der Waals surface area contributed by atoms with Crippen LogP contribution in [0.3, 0.4) is 0 Å². The Kier molecular flexibility index (Phi) is 6.28. The third-order valence-electron chi connectivity index (χ3n) is 3.43. The number of benzene rings is 2. The molecule has 0 aliphatic heterocycles. The lowest BCUT2D eigenvalue weighted by atomic mass is 10.2. The molecule has 0 spiro atoms. The van der Waals surface area contributed by atoms with Gasteiger partial charge < -0.3 is 10.1 Å². The van der Waals surface area contributed by atoms with Gasteiger partial charge in [0.25, 0.3) is 0 Å². The number of hydrogen-bond acceptors (Lipinski definition) is 4. The Labute approximate surface area is 157 Å². The molecule has 3 rings (SSSR count). The van der Waals surface area contributed by atoms with Crippen molar-refractivity contribution in [1.82, 2.24) is 10.4 Å². The molecule has 0 radical (unpaired) electrons. The Morgan fingerprint density at radius 2 is 1.85 bits per heavy atom. The molecule has 26 heavy (non-hydrogen) atoms. The molecule has 0 amide bonds. The van der Waals surface area contributed by atoms with E-state index in [1.165, 1.54) is 0 Å². The summed E-state index contributed by atoms with van der Waals surface area (Å²) in [7, 11) is 0. The maximum Gasteiger partial charge on any atom is 0.191 e. The molecule has 0 bridgehead atoms. The summed E-state index contributed by atoms with van der Waals surface area (Å²) in [6, 6.07) is 21.5. The zero-order valence-electron chi connectivity index (χ0n) is 14.0. The van der Waals surface area contributed by atoms with Crippen molar-refractivity contribution in [1.29, 1.82) is 0 Å². The number of ether oxygens (including phenoxy) is 1. The second-order valence-electron chi connectivity index (χ2n) is 5.41. The summed E-state index contributed by atoms with van der Waals surface area (Å²) in [5.74, 6) is 0.813. The van der Waals surface area contributed by atoms with Crippen LogP contribution in [0.5, 0.6) is 5.75 Å². The molecule has 0 unspecified atom stereocenters. The van der Waals surface area contributed by atoms with Crippen LogP contribution < -0.4 is 15.5 Å². The monoisotopic (exact) mass is 362 g/mol. The summed E-state index contributed by atoms with van der Waals surface area (Å²) in [6.07, 6.45) is 5.08. The first kappa shape index (κ1) is 17.6. The molecule has 3 aromatic rings. The van der Waals surface area contributed by atoms with Gasteiger partial charge in [0, 0.05) is 6.20 Å². The van der Waals surface area contributed by atoms with Crippen molar-refractivity contribution in [2.45, 2.75) is 6.61 Å². The van der Waals surface area contributed by atoms with Crippen molar-refractivity contribution >= 4 is 29.2 Å². The van der Waals surface area contributed by atoms with Gasteiger partial charge in [0.2, 0.25) is 0 Å². The highest BCUT2D eigenvalue weighted by atomic mass is 32.1. The normalized spacial score (nSPS) is 10.5. The van der Waals surface area contributed by atoms with Gasteiger partial charge in [0.1, 0.15) is 12.4 Å². The van der Waals surface area contributed by atoms with Crippen LogP contribution in [-0.4, -0.2) is 16.3 Å². The second kappa shape index (κ2) is 9.29. The van der Waals surface area contributed by atoms with Crippen LogP contribution in [0.2, 0.25) is 0 Å². The standard InChI is InChI=1S/C20H18N4OS/c26-20(23-18-7-4-12-21-14-18)24-22-13-16-8-10-19(11-9-16)25-15-17-5-2-1-3-6-17/h1-14H,15H2,(H2,23,24,26)/b22-13-. The number of anilines is 1. The lowest BCUT2D eigenvalue weighted by molar-refractivity contribution is 0.306. The molecule has 2 aromatic carbocycles. The van der Waals surface area contributed by atoms with E-state index in [1.54, 1.807) is 18.6 Å². The zero-order chi connectivity index (χ0) is 18.0. The fourth-order valence-corrected chi connectivity index (χ4v) is 2.32. The smallest absolute Gasteiger partial charge is 0.191 e. The van der Waals surface area contributed by atoms with Crippen LogP contribution in [0, 0.1) is 0 Å². The Morgan fingerprint density at radius 1 is 1.04 bits per heavy atom. The van der Waals surface area contributed by atoms with Crippen LogP contribution in [0.15, 0.2) is 84.2 Å². The molecule has 2 N–H and O–H groups in total. The Balaban J connectivity index is 1.46. The van der Waals surface area contributed by atoms with Gasteiger partial charge in [-0.25, -0.2) is 0 Å². The Morgan fingerprint density at radius 3 is 2.58 bits per heavy atom. The fraction of sp³-hybridized carbons (Fsp3) is 0.0500. The van der Waals surface area contributed by atoms with Crippen molar-refractivity contribution in [3.05, 3.63) is 90.3 Å². The van der Waals surface area contributed by atoms with Gasteiger partial charge in [-0.15, -0.1) is 0 Å². The van der Waals surface area contributed by atoms with Gasteiger partial charge in [-0.1, -0.05) is 30.3 Å². The van der Waals surface area contributed by atoms with E-state index in [1.807, 2.05) is 66.7 Å². The van der Waals surface area contributed by atoms with Crippen LogP contribution in [0.4, 0.5) is 5.69 Å². The number of nitrogens with zero attached hydrogens (tertiary/aromatic N) is 2. The van der Waals surface area contributed by atoms with Crippen molar-refractivity contribution in [3.63, 3.8) is 0 Å². The van der Waals surface area contributed by atoms with Crippen LogP contribution in [0.1, 0.15) is 11.1 Å². The Hall–Kier alpha value is -3.25. The second-order valence-corrected chi connectivity index (χ2v) is 5.82. The third kappa shape index (κ3) is 5.68. The van der Waals surface area contributed by atoms with E-state index in [9.17, 15) is 0 Å². The van der Waals surface area contributed by atoms with Gasteiger partial charge in [0.15, 0.2) is 5.11 Å². The SMILES string of the molecule is S=C(N/N=C\c1ccc(OCc2ccccc2)cc1)Nc1cccnc1. The van der Waals surface area contributed by atoms with Crippen molar-refractivity contribution < 1.29 is 4.74 Å². The summed E-state index contributed by atoms with van der Waals surface area (Å²) in [4.78, 5) is 4.01. The molecule has 5 nitrogen and oxygen atoms in total. The van der Waals surface area contributed by atoms with E-state index < -0.39 is 0 Å². The molecule has 0 fully saturated rings. The average molecular weight is 362 g/mol. The van der Waals surface area contributed by atoms with E-state index in [0.717, 1.165) is 22.6 Å². The van der Waals surface area contributed by atoms with Crippen molar-refractivity contribution in [2.24, 2.45) is 5.10 Å². The van der Waals surface area contributed by atoms with Crippen LogP contribution in [0.25, 0.3) is 0 Å². The fourth-order valence-electron chi connectivity index (χ4n) is 2.15. The molecule has 0 saturated heterocycles. The predicted octanol–water partition coefficient (Wildman–Crippen LogP) is 3.98. The molecule has 0 aliphatic rings. The van der Waals surface area contributed by atoms with E-state index in [-0.39, 0.29) is 0 Å². The van der Waals surface area contributed by atoms with Crippen molar-refractivity contribution in [2.75, 3.05) is 5.32 Å². The molecule has 130 valence electrons. The summed E-state index contributed by atoms with van der Waals surface area (Å²) in [6.45, 7) is 0.546. The van der Waals surface area contributed by atoms with E-state index in [0.29, 0.717) is 11.7 Å². The molecular formula is C20H18N4OS. The van der Waals surface area contributed by atoms with Gasteiger partial charge in [-0.3, -0.25) is 10.4 Å². The zero-order valence-corrected chi connectivity index (χ0v) is 14.8. The summed E-state index contributed by atoms with van der Waals surface area (Å²) < 4.78 is 5.76. The molecule has 1 heterocycles. The largest absolute Gasteiger partial charge is 0.489 e. The highest BCUT2D eigenvalue weighted by Gasteiger charge is 1.97. The maximum absolute atomic E-state index is 5.76. The first-order valence-corrected chi connectivity index (χ1v) is 8.47. The van der Waals surface area contributed by atoms with E-state index in [4.69, 9.17) is 17.0 Å². The minimum Gasteiger partial charge on any atom is -0.489 e. The van der Waals surface area contributed by atoms with E-state index in [2.05, 4.69) is 20.8 Å². The number of thiocarbonyl (C=S) groups is 1. The molecule has 0 aliphatic carbocycles. The Bertz CT molecular complexity index is 852. The topological polar surface area (TPSA) is 58.5 Å². The quantitative estimate of drug-likeness (QED) is 0.395. The predicted molar refractivity (Wildman–Crippen MR) is 108 cm³/mol. The minimum absolute atomic E-state index is 0.400. The average Bonchev–Trinajstić information content (AvgIpc) is 2.69. The van der Waals surface area contributed by atoms with Gasteiger partial charge >= 0.3 is 0 Å². The number of pyridine rings is 1. The van der Waals surface area contributed by atoms with Crippen LogP contribution in [-0.2, 0) is 6.61 Å². The first-order chi connectivity index (χ1) is 12.8. The lowest BCUT2D eigenvalue weighted by Crippen LogP contribution is -2.23. The maximum atomic E-state index is 5.76. The molecule has 0 atom stereocenters. The summed E-state index contributed by atoms with van der Waals surface area (Å²) in [5, 5.41) is 7.51. The van der Waals surface area contributed by atoms with E-state index >= 15 is 0 Å². The summed E-state index contributed by atoms with van der Waals surface area (Å²) >= 11 is 5.17. The summed E-state index contributed by atoms with van der Waals surface area (Å²) in [5.41, 5.74) is 5.65. The van der Waals surface area contributed by atoms with Gasteiger partial charge in [0.05, 0.1) is 18.1 Å². The number of aromatic nitrogens is 1. The lowest BCUT2D eigenvalue weighted by Gasteiger charge is -2.07. The minimum atomic E-state index is 0.400. The van der Waals surface area contributed by atoms with Gasteiger partial charge in [-0.2, -0.15) is 5.10 Å². The number of hydrazone groups is 1. The molecular weight excluding hydrogens is 344 g/mol. The highest BCUT2D eigenvalue weighted by Crippen LogP contribution is 2.13. The van der Waals surface area contributed by atoms with Crippen molar-refractivity contribution in [3.8, 4) is 5.75 Å². The number of hydrogen-bond donors (Lipinski definition) is 2. The molecule has 6 heteroatoms. The first-order valence-electron chi connectivity index (χ1n) is 8.06.